The number of fused-ring (bicyclic) bond motifs is 1. The van der Waals surface area contributed by atoms with Crippen LogP contribution in [0.5, 0.6) is 0 Å². The summed E-state index contributed by atoms with van der Waals surface area (Å²) in [6.45, 7) is 3.47. The molecule has 1 atom stereocenters. The van der Waals surface area contributed by atoms with Gasteiger partial charge in [-0.25, -0.2) is 4.57 Å². The Balaban J connectivity index is 1.57. The van der Waals surface area contributed by atoms with E-state index < -0.39 is 7.82 Å². The highest BCUT2D eigenvalue weighted by molar-refractivity contribution is 7.47. The minimum atomic E-state index is -3.99. The first-order chi connectivity index (χ1) is 15.4. The van der Waals surface area contributed by atoms with E-state index in [0.717, 1.165) is 34.0 Å². The van der Waals surface area contributed by atoms with Crippen LogP contribution >= 0.6 is 7.82 Å². The molecule has 7 heteroatoms. The van der Waals surface area contributed by atoms with Gasteiger partial charge in [-0.15, -0.1) is 0 Å². The number of Topliss-reactive ketones (excluding diaryl/α,β-unsaturated/α-hetero) is 1. The molecule has 0 spiro atoms. The van der Waals surface area contributed by atoms with Gasteiger partial charge in [0.2, 0.25) is 0 Å². The molecule has 1 N–H and O–H groups in total. The van der Waals surface area contributed by atoms with Crippen molar-refractivity contribution in [3.05, 3.63) is 66.5 Å². The summed E-state index contributed by atoms with van der Waals surface area (Å²) >= 11 is 0. The number of aromatic nitrogens is 1. The first-order valence-corrected chi connectivity index (χ1v) is 12.4. The average molecular weight is 455 g/mol. The predicted molar refractivity (Wildman–Crippen MR) is 126 cm³/mol. The fraction of sp³-hybridized carbons (Fsp3) is 0.360. The van der Waals surface area contributed by atoms with E-state index in [9.17, 15) is 14.3 Å². The number of carbonyl (C=O) groups excluding carboxylic acids is 1. The molecule has 0 amide bonds. The third kappa shape index (κ3) is 7.07. The Hall–Kier alpha value is -2.37. The molecule has 3 rings (SSSR count). The minimum Gasteiger partial charge on any atom is -0.302 e. The monoisotopic (exact) mass is 455 g/mol. The molecule has 0 saturated carbocycles. The average Bonchev–Trinajstić information content (AvgIpc) is 2.75. The Kier molecular flexibility index (Phi) is 8.71. The summed E-state index contributed by atoms with van der Waals surface area (Å²) in [6, 6.07) is 18.1. The van der Waals surface area contributed by atoms with Gasteiger partial charge in [0.25, 0.3) is 0 Å². The highest BCUT2D eigenvalue weighted by atomic mass is 31.2. The molecule has 0 fully saturated rings. The second-order valence-electron chi connectivity index (χ2n) is 8.02. The number of phosphoric ester groups is 1. The Labute approximate surface area is 189 Å². The molecule has 170 valence electrons. The summed E-state index contributed by atoms with van der Waals surface area (Å²) in [5, 5.41) is 2.14. The maximum atomic E-state index is 12.7. The van der Waals surface area contributed by atoms with Crippen molar-refractivity contribution in [3.8, 4) is 11.1 Å². The van der Waals surface area contributed by atoms with Crippen LogP contribution < -0.4 is 0 Å². The van der Waals surface area contributed by atoms with Gasteiger partial charge >= 0.3 is 7.82 Å². The largest absolute Gasteiger partial charge is 0.472 e. The number of hydrogen-bond acceptors (Lipinski definition) is 5. The van der Waals surface area contributed by atoms with Crippen LogP contribution in [0, 0.1) is 0 Å². The van der Waals surface area contributed by atoms with E-state index in [2.05, 4.69) is 11.1 Å². The van der Waals surface area contributed by atoms with Gasteiger partial charge in [-0.05, 0) is 37.6 Å². The van der Waals surface area contributed by atoms with Crippen LogP contribution in [0.1, 0.15) is 45.2 Å². The SMILES string of the molecule is CC(C)OP(=O)(O)OCCCCCC(=O)Cc1ncc2ccccc2c1-c1ccccc1. The zero-order chi connectivity index (χ0) is 23.0. The first-order valence-electron chi connectivity index (χ1n) is 11.0. The number of ketones is 1. The Morgan fingerprint density at radius 3 is 2.50 bits per heavy atom. The quantitative estimate of drug-likeness (QED) is 0.262. The van der Waals surface area contributed by atoms with Gasteiger partial charge in [0.05, 0.1) is 18.4 Å². The highest BCUT2D eigenvalue weighted by Crippen LogP contribution is 2.44. The fourth-order valence-corrected chi connectivity index (χ4v) is 4.57. The molecule has 2 aromatic carbocycles. The van der Waals surface area contributed by atoms with Crippen LogP contribution in [0.2, 0.25) is 0 Å². The lowest BCUT2D eigenvalue weighted by molar-refractivity contribution is -0.118. The van der Waals surface area contributed by atoms with E-state index in [-0.39, 0.29) is 24.9 Å². The molecule has 0 aliphatic rings. The van der Waals surface area contributed by atoms with E-state index in [4.69, 9.17) is 9.05 Å². The summed E-state index contributed by atoms with van der Waals surface area (Å²) in [7, 11) is -3.99. The van der Waals surface area contributed by atoms with E-state index >= 15 is 0 Å². The molecule has 0 saturated heterocycles. The molecule has 1 unspecified atom stereocenters. The molecule has 0 bridgehead atoms. The number of nitrogens with zero attached hydrogens (tertiary/aromatic N) is 1. The lowest BCUT2D eigenvalue weighted by Crippen LogP contribution is -2.07. The zero-order valence-corrected chi connectivity index (χ0v) is 19.5. The van der Waals surface area contributed by atoms with Gasteiger partial charge in [0.1, 0.15) is 5.78 Å². The minimum absolute atomic E-state index is 0.124. The third-order valence-electron chi connectivity index (χ3n) is 5.00. The van der Waals surface area contributed by atoms with E-state index in [1.807, 2.05) is 54.7 Å². The van der Waals surface area contributed by atoms with E-state index in [1.54, 1.807) is 13.8 Å². The van der Waals surface area contributed by atoms with Crippen molar-refractivity contribution in [1.82, 2.24) is 4.98 Å². The lowest BCUT2D eigenvalue weighted by atomic mass is 9.94. The van der Waals surface area contributed by atoms with Gasteiger partial charge in [-0.2, -0.15) is 0 Å². The third-order valence-corrected chi connectivity index (χ3v) is 6.20. The number of rotatable bonds is 12. The van der Waals surface area contributed by atoms with Crippen molar-refractivity contribution < 1.29 is 23.3 Å². The number of pyridine rings is 1. The van der Waals surface area contributed by atoms with E-state index in [1.165, 1.54) is 0 Å². The first kappa shape index (κ1) is 24.3. The van der Waals surface area contributed by atoms with Crippen LogP contribution in [0.15, 0.2) is 60.8 Å². The van der Waals surface area contributed by atoms with Gasteiger partial charge in [-0.1, -0.05) is 61.0 Å². The maximum absolute atomic E-state index is 12.7. The fourth-order valence-electron chi connectivity index (χ4n) is 3.62. The molecular weight excluding hydrogens is 425 g/mol. The van der Waals surface area contributed by atoms with Crippen LogP contribution in [0.3, 0.4) is 0 Å². The summed E-state index contributed by atoms with van der Waals surface area (Å²) in [5.74, 6) is 0.127. The van der Waals surface area contributed by atoms with Crippen molar-refractivity contribution in [2.45, 2.75) is 52.1 Å². The van der Waals surface area contributed by atoms with Crippen LogP contribution in [-0.4, -0.2) is 28.4 Å². The molecule has 32 heavy (non-hydrogen) atoms. The Bertz CT molecular complexity index is 1080. The van der Waals surface area contributed by atoms with Gasteiger partial charge in [-0.3, -0.25) is 18.8 Å². The summed E-state index contributed by atoms with van der Waals surface area (Å²) in [5.41, 5.74) is 2.85. The number of carbonyl (C=O) groups is 1. The smallest absolute Gasteiger partial charge is 0.302 e. The number of hydrogen-bond donors (Lipinski definition) is 1. The number of phosphoric acid groups is 1. The molecule has 0 radical (unpaired) electrons. The van der Waals surface area contributed by atoms with Crippen molar-refractivity contribution in [1.29, 1.82) is 0 Å². The van der Waals surface area contributed by atoms with Crippen molar-refractivity contribution in [2.75, 3.05) is 6.61 Å². The predicted octanol–water partition coefficient (Wildman–Crippen LogP) is 6.12. The van der Waals surface area contributed by atoms with E-state index in [0.29, 0.717) is 19.3 Å². The van der Waals surface area contributed by atoms with Crippen molar-refractivity contribution in [2.24, 2.45) is 0 Å². The van der Waals surface area contributed by atoms with Crippen LogP contribution in [0.4, 0.5) is 0 Å². The number of unbranched alkanes of at least 4 members (excludes halogenated alkanes) is 2. The van der Waals surface area contributed by atoms with Crippen molar-refractivity contribution in [3.63, 3.8) is 0 Å². The maximum Gasteiger partial charge on any atom is 0.472 e. The number of benzene rings is 2. The molecule has 3 aromatic rings. The summed E-state index contributed by atoms with van der Waals surface area (Å²) in [6.07, 6.45) is 4.16. The molecule has 0 aliphatic carbocycles. The zero-order valence-electron chi connectivity index (χ0n) is 18.6. The van der Waals surface area contributed by atoms with Gasteiger partial charge in [0.15, 0.2) is 0 Å². The summed E-state index contributed by atoms with van der Waals surface area (Å²) in [4.78, 5) is 26.8. The van der Waals surface area contributed by atoms with Gasteiger partial charge < -0.3 is 4.89 Å². The molecule has 1 aromatic heterocycles. The Morgan fingerprint density at radius 1 is 1.03 bits per heavy atom. The van der Waals surface area contributed by atoms with Crippen LogP contribution in [0.25, 0.3) is 21.9 Å². The Morgan fingerprint density at radius 2 is 1.75 bits per heavy atom. The summed E-state index contributed by atoms with van der Waals surface area (Å²) < 4.78 is 21.5. The second-order valence-corrected chi connectivity index (χ2v) is 9.42. The molecule has 6 nitrogen and oxygen atoms in total. The highest BCUT2D eigenvalue weighted by Gasteiger charge is 2.22. The molecule has 0 aliphatic heterocycles. The van der Waals surface area contributed by atoms with Crippen molar-refractivity contribution >= 4 is 24.4 Å². The molecule has 1 heterocycles. The topological polar surface area (TPSA) is 85.7 Å². The van der Waals surface area contributed by atoms with Crippen LogP contribution in [-0.2, 0) is 24.8 Å². The normalized spacial score (nSPS) is 13.4. The standard InChI is InChI=1S/C25H30NO5P/c1-19(2)31-32(28,29)30-16-10-4-7-14-22(27)17-24-25(20-11-5-3-6-12-20)23-15-9-8-13-21(23)18-26-24/h3,5-6,8-9,11-13,15,18-19H,4,7,10,14,16-17H2,1-2H3,(H,28,29). The second kappa shape index (κ2) is 11.5. The lowest BCUT2D eigenvalue weighted by Gasteiger charge is -2.14. The molecular formula is C25H30NO5P. The van der Waals surface area contributed by atoms with Gasteiger partial charge in [0, 0.05) is 30.0 Å².